The lowest BCUT2D eigenvalue weighted by Gasteiger charge is -2.08. The standard InChI is InChI=1S/C21H15FN4O4S/c22-14-4-2-13(3-5-14)18-19-20(31-25-18)21(28)26(10-24-19)9-17(27)23-8-12-1-6-15-16(7-12)30-11-29-15/h1-7,10H,8-9,11H2,(H,23,27). The maximum Gasteiger partial charge on any atom is 0.273 e. The van der Waals surface area contributed by atoms with Gasteiger partial charge in [-0.3, -0.25) is 14.2 Å². The van der Waals surface area contributed by atoms with Gasteiger partial charge in [0.1, 0.15) is 28.3 Å². The van der Waals surface area contributed by atoms with Gasteiger partial charge in [-0.15, -0.1) is 0 Å². The number of nitrogens with one attached hydrogen (secondary N) is 1. The number of carbonyl (C=O) groups excluding carboxylic acids is 1. The fourth-order valence-corrected chi connectivity index (χ4v) is 4.03. The summed E-state index contributed by atoms with van der Waals surface area (Å²) in [5.41, 5.74) is 2.10. The molecule has 0 saturated carbocycles. The number of fused-ring (bicyclic) bond motifs is 2. The fraction of sp³-hybridized carbons (Fsp3) is 0.143. The molecule has 5 rings (SSSR count). The molecule has 156 valence electrons. The van der Waals surface area contributed by atoms with E-state index in [1.54, 1.807) is 24.3 Å². The Balaban J connectivity index is 1.31. The summed E-state index contributed by atoms with van der Waals surface area (Å²) >= 11 is 1.01. The van der Waals surface area contributed by atoms with Gasteiger partial charge in [0.2, 0.25) is 12.7 Å². The highest BCUT2D eigenvalue weighted by molar-refractivity contribution is 7.13. The van der Waals surface area contributed by atoms with Gasteiger partial charge in [-0.25, -0.2) is 9.37 Å². The van der Waals surface area contributed by atoms with Crippen molar-refractivity contribution in [1.82, 2.24) is 19.2 Å². The number of aromatic nitrogens is 3. The van der Waals surface area contributed by atoms with Crippen molar-refractivity contribution in [3.05, 3.63) is 70.5 Å². The molecule has 1 aliphatic rings. The zero-order valence-corrected chi connectivity index (χ0v) is 16.8. The van der Waals surface area contributed by atoms with Gasteiger partial charge in [-0.1, -0.05) is 6.07 Å². The molecule has 3 heterocycles. The van der Waals surface area contributed by atoms with Crippen LogP contribution in [0.1, 0.15) is 5.56 Å². The van der Waals surface area contributed by atoms with Gasteiger partial charge in [0.05, 0.1) is 6.33 Å². The van der Waals surface area contributed by atoms with Crippen LogP contribution in [0.2, 0.25) is 0 Å². The minimum absolute atomic E-state index is 0.171. The molecule has 0 atom stereocenters. The summed E-state index contributed by atoms with van der Waals surface area (Å²) in [4.78, 5) is 29.5. The average molecular weight is 438 g/mol. The summed E-state index contributed by atoms with van der Waals surface area (Å²) in [6, 6.07) is 11.2. The van der Waals surface area contributed by atoms with E-state index in [4.69, 9.17) is 9.47 Å². The van der Waals surface area contributed by atoms with E-state index in [1.165, 1.54) is 23.0 Å². The second kappa shape index (κ2) is 7.80. The lowest BCUT2D eigenvalue weighted by Crippen LogP contribution is -2.31. The zero-order valence-electron chi connectivity index (χ0n) is 16.0. The number of hydrogen-bond donors (Lipinski definition) is 1. The first-order valence-corrected chi connectivity index (χ1v) is 10.1. The Morgan fingerprint density at radius 3 is 2.81 bits per heavy atom. The molecule has 0 spiro atoms. The molecule has 31 heavy (non-hydrogen) atoms. The quantitative estimate of drug-likeness (QED) is 0.515. The van der Waals surface area contributed by atoms with Crippen LogP contribution in [-0.2, 0) is 17.9 Å². The average Bonchev–Trinajstić information content (AvgIpc) is 3.42. The fourth-order valence-electron chi connectivity index (χ4n) is 3.23. The topological polar surface area (TPSA) is 95.3 Å². The van der Waals surface area contributed by atoms with E-state index in [-0.39, 0.29) is 37.2 Å². The first-order valence-electron chi connectivity index (χ1n) is 9.34. The summed E-state index contributed by atoms with van der Waals surface area (Å²) in [6.07, 6.45) is 1.33. The van der Waals surface area contributed by atoms with E-state index >= 15 is 0 Å². The number of nitrogens with zero attached hydrogens (tertiary/aromatic N) is 3. The Morgan fingerprint density at radius 1 is 1.16 bits per heavy atom. The Labute approximate surface area is 179 Å². The van der Waals surface area contributed by atoms with E-state index in [0.29, 0.717) is 33.0 Å². The van der Waals surface area contributed by atoms with Crippen molar-refractivity contribution in [3.63, 3.8) is 0 Å². The molecule has 0 aliphatic carbocycles. The molecule has 1 N–H and O–H groups in total. The Hall–Kier alpha value is -3.79. The zero-order chi connectivity index (χ0) is 21.4. The minimum Gasteiger partial charge on any atom is -0.454 e. The van der Waals surface area contributed by atoms with Crippen molar-refractivity contribution < 1.29 is 18.7 Å². The van der Waals surface area contributed by atoms with Crippen molar-refractivity contribution in [2.24, 2.45) is 0 Å². The molecule has 8 nitrogen and oxygen atoms in total. The highest BCUT2D eigenvalue weighted by atomic mass is 32.1. The van der Waals surface area contributed by atoms with Crippen molar-refractivity contribution in [2.45, 2.75) is 13.1 Å². The largest absolute Gasteiger partial charge is 0.454 e. The van der Waals surface area contributed by atoms with Crippen LogP contribution in [0.25, 0.3) is 21.5 Å². The Kier molecular flexibility index (Phi) is 4.83. The third-order valence-corrected chi connectivity index (χ3v) is 5.63. The summed E-state index contributed by atoms with van der Waals surface area (Å²) in [6.45, 7) is 0.301. The van der Waals surface area contributed by atoms with Crippen molar-refractivity contribution >= 4 is 27.7 Å². The van der Waals surface area contributed by atoms with Crippen molar-refractivity contribution in [2.75, 3.05) is 6.79 Å². The van der Waals surface area contributed by atoms with Crippen molar-refractivity contribution in [1.29, 1.82) is 0 Å². The lowest BCUT2D eigenvalue weighted by atomic mass is 10.1. The summed E-state index contributed by atoms with van der Waals surface area (Å²) in [7, 11) is 0. The van der Waals surface area contributed by atoms with E-state index < -0.39 is 0 Å². The second-order valence-electron chi connectivity index (χ2n) is 6.86. The number of carbonyl (C=O) groups is 1. The normalized spacial score (nSPS) is 12.3. The predicted octanol–water partition coefficient (Wildman–Crippen LogP) is 2.70. The highest BCUT2D eigenvalue weighted by Crippen LogP contribution is 2.32. The summed E-state index contributed by atoms with van der Waals surface area (Å²) < 4.78 is 29.6. The van der Waals surface area contributed by atoms with E-state index in [0.717, 1.165) is 17.1 Å². The van der Waals surface area contributed by atoms with Crippen LogP contribution in [-0.4, -0.2) is 26.6 Å². The van der Waals surface area contributed by atoms with Crippen LogP contribution < -0.4 is 20.3 Å². The summed E-state index contributed by atoms with van der Waals surface area (Å²) in [5.74, 6) is 0.625. The summed E-state index contributed by atoms with van der Waals surface area (Å²) in [5, 5.41) is 2.78. The number of rotatable bonds is 5. The van der Waals surface area contributed by atoms with Crippen LogP contribution in [0.4, 0.5) is 4.39 Å². The van der Waals surface area contributed by atoms with Crippen LogP contribution in [0.5, 0.6) is 11.5 Å². The molecule has 2 aromatic carbocycles. The van der Waals surface area contributed by atoms with Gasteiger partial charge in [0.25, 0.3) is 5.56 Å². The molecule has 0 radical (unpaired) electrons. The molecule has 0 saturated heterocycles. The number of benzene rings is 2. The lowest BCUT2D eigenvalue weighted by molar-refractivity contribution is -0.121. The number of ether oxygens (including phenoxy) is 2. The molecule has 0 bridgehead atoms. The van der Waals surface area contributed by atoms with Crippen LogP contribution in [0.15, 0.2) is 53.6 Å². The van der Waals surface area contributed by atoms with Gasteiger partial charge in [0, 0.05) is 12.1 Å². The number of hydrogen-bond acceptors (Lipinski definition) is 7. The molecule has 4 aromatic rings. The maximum absolute atomic E-state index is 13.2. The molecule has 2 aromatic heterocycles. The molecule has 1 amide bonds. The number of amides is 1. The van der Waals surface area contributed by atoms with Gasteiger partial charge in [-0.2, -0.15) is 4.37 Å². The Morgan fingerprint density at radius 2 is 1.97 bits per heavy atom. The second-order valence-corrected chi connectivity index (χ2v) is 7.63. The van der Waals surface area contributed by atoms with Crippen molar-refractivity contribution in [3.8, 4) is 22.8 Å². The Bertz CT molecular complexity index is 1350. The van der Waals surface area contributed by atoms with Gasteiger partial charge in [0.15, 0.2) is 11.5 Å². The third-order valence-electron chi connectivity index (χ3n) is 4.81. The molecular formula is C21H15FN4O4S. The highest BCUT2D eigenvalue weighted by Gasteiger charge is 2.16. The van der Waals surface area contributed by atoms with E-state index in [1.807, 2.05) is 6.07 Å². The molecule has 1 aliphatic heterocycles. The third kappa shape index (κ3) is 3.73. The predicted molar refractivity (Wildman–Crippen MR) is 111 cm³/mol. The molecule has 10 heteroatoms. The first kappa shape index (κ1) is 19.2. The molecule has 0 unspecified atom stereocenters. The molecular weight excluding hydrogens is 423 g/mol. The van der Waals surface area contributed by atoms with E-state index in [2.05, 4.69) is 14.7 Å². The van der Waals surface area contributed by atoms with Crippen LogP contribution in [0.3, 0.4) is 0 Å². The first-order chi connectivity index (χ1) is 15.1. The van der Waals surface area contributed by atoms with Gasteiger partial charge < -0.3 is 14.8 Å². The monoisotopic (exact) mass is 438 g/mol. The maximum atomic E-state index is 13.2. The van der Waals surface area contributed by atoms with E-state index in [9.17, 15) is 14.0 Å². The SMILES string of the molecule is O=C(Cn1cnc2c(-c3ccc(F)cc3)nsc2c1=O)NCc1ccc2c(c1)OCO2. The number of halogens is 1. The van der Waals surface area contributed by atoms with Crippen LogP contribution in [0, 0.1) is 5.82 Å². The van der Waals surface area contributed by atoms with Gasteiger partial charge >= 0.3 is 0 Å². The minimum atomic E-state index is -0.356. The smallest absolute Gasteiger partial charge is 0.273 e. The van der Waals surface area contributed by atoms with Crippen LogP contribution >= 0.6 is 11.5 Å². The molecule has 0 fully saturated rings. The van der Waals surface area contributed by atoms with Gasteiger partial charge in [-0.05, 0) is 53.5 Å².